The van der Waals surface area contributed by atoms with Crippen molar-refractivity contribution in [2.24, 2.45) is 5.92 Å². The summed E-state index contributed by atoms with van der Waals surface area (Å²) < 4.78 is 10.5. The van der Waals surface area contributed by atoms with Gasteiger partial charge in [-0.25, -0.2) is 0 Å². The van der Waals surface area contributed by atoms with Gasteiger partial charge in [0.2, 0.25) is 5.76 Å². The summed E-state index contributed by atoms with van der Waals surface area (Å²) in [5.41, 5.74) is 2.48. The van der Waals surface area contributed by atoms with Crippen molar-refractivity contribution in [2.75, 3.05) is 13.1 Å². The molecule has 142 valence electrons. The van der Waals surface area contributed by atoms with Gasteiger partial charge in [-0.3, -0.25) is 4.79 Å². The SMILES string of the molecule is Cl.O=C(NCc1cc(-c2ccco2)on1)c1ccccc1CC1CCNC1. The molecule has 1 aliphatic rings. The minimum Gasteiger partial charge on any atom is -0.461 e. The van der Waals surface area contributed by atoms with Gasteiger partial charge in [0.25, 0.3) is 5.91 Å². The first-order chi connectivity index (χ1) is 12.8. The second-order valence-corrected chi connectivity index (χ2v) is 6.56. The lowest BCUT2D eigenvalue weighted by Gasteiger charge is -2.13. The number of carbonyl (C=O) groups excluding carboxylic acids is 1. The van der Waals surface area contributed by atoms with Crippen LogP contribution >= 0.6 is 12.4 Å². The number of rotatable bonds is 6. The summed E-state index contributed by atoms with van der Waals surface area (Å²) in [7, 11) is 0. The van der Waals surface area contributed by atoms with Gasteiger partial charge < -0.3 is 19.6 Å². The third kappa shape index (κ3) is 4.59. The first-order valence-corrected chi connectivity index (χ1v) is 8.86. The number of furan rings is 1. The van der Waals surface area contributed by atoms with Crippen LogP contribution < -0.4 is 10.6 Å². The Kier molecular flexibility index (Phi) is 6.32. The van der Waals surface area contributed by atoms with Gasteiger partial charge in [-0.2, -0.15) is 0 Å². The fourth-order valence-electron chi connectivity index (χ4n) is 3.32. The van der Waals surface area contributed by atoms with Crippen molar-refractivity contribution in [1.82, 2.24) is 15.8 Å². The normalized spacial score (nSPS) is 16.1. The Morgan fingerprint density at radius 2 is 2.11 bits per heavy atom. The van der Waals surface area contributed by atoms with Crippen LogP contribution in [0.2, 0.25) is 0 Å². The largest absolute Gasteiger partial charge is 0.461 e. The maximum absolute atomic E-state index is 12.6. The van der Waals surface area contributed by atoms with Crippen molar-refractivity contribution in [3.8, 4) is 11.5 Å². The number of hydrogen-bond donors (Lipinski definition) is 2. The molecule has 1 amide bonds. The van der Waals surface area contributed by atoms with Gasteiger partial charge in [-0.15, -0.1) is 12.4 Å². The smallest absolute Gasteiger partial charge is 0.251 e. The molecule has 6 nitrogen and oxygen atoms in total. The van der Waals surface area contributed by atoms with Crippen LogP contribution in [0, 0.1) is 5.92 Å². The third-order valence-electron chi connectivity index (χ3n) is 4.69. The van der Waals surface area contributed by atoms with E-state index in [1.807, 2.05) is 24.3 Å². The van der Waals surface area contributed by atoms with Crippen LogP contribution in [0.5, 0.6) is 0 Å². The number of amides is 1. The summed E-state index contributed by atoms with van der Waals surface area (Å²) in [6, 6.07) is 13.2. The summed E-state index contributed by atoms with van der Waals surface area (Å²) in [5.74, 6) is 1.67. The molecule has 1 atom stereocenters. The first kappa shape index (κ1) is 19.2. The molecule has 0 saturated carbocycles. The summed E-state index contributed by atoms with van der Waals surface area (Å²) in [6.45, 7) is 2.38. The highest BCUT2D eigenvalue weighted by molar-refractivity contribution is 5.95. The molecular weight excluding hydrogens is 366 g/mol. The molecule has 0 radical (unpaired) electrons. The van der Waals surface area contributed by atoms with Crippen LogP contribution in [0.25, 0.3) is 11.5 Å². The molecular formula is C20H22ClN3O3. The van der Waals surface area contributed by atoms with E-state index in [9.17, 15) is 4.79 Å². The molecule has 2 N–H and O–H groups in total. The van der Waals surface area contributed by atoms with Crippen molar-refractivity contribution in [3.63, 3.8) is 0 Å². The lowest BCUT2D eigenvalue weighted by atomic mass is 9.94. The molecule has 1 unspecified atom stereocenters. The summed E-state index contributed by atoms with van der Waals surface area (Å²) in [6.07, 6.45) is 3.66. The average molecular weight is 388 g/mol. The number of nitrogens with zero attached hydrogens (tertiary/aromatic N) is 1. The molecule has 0 bridgehead atoms. The van der Waals surface area contributed by atoms with Crippen LogP contribution in [-0.4, -0.2) is 24.2 Å². The van der Waals surface area contributed by atoms with E-state index in [1.165, 1.54) is 0 Å². The highest BCUT2D eigenvalue weighted by Crippen LogP contribution is 2.21. The van der Waals surface area contributed by atoms with Gasteiger partial charge in [0, 0.05) is 11.6 Å². The predicted octanol–water partition coefficient (Wildman–Crippen LogP) is 3.44. The van der Waals surface area contributed by atoms with E-state index in [2.05, 4.69) is 15.8 Å². The van der Waals surface area contributed by atoms with Crippen LogP contribution in [0.4, 0.5) is 0 Å². The molecule has 4 rings (SSSR count). The van der Waals surface area contributed by atoms with Crippen LogP contribution in [0.3, 0.4) is 0 Å². The Morgan fingerprint density at radius 1 is 1.22 bits per heavy atom. The highest BCUT2D eigenvalue weighted by atomic mass is 35.5. The number of hydrogen-bond acceptors (Lipinski definition) is 5. The van der Waals surface area contributed by atoms with Gasteiger partial charge in [0.1, 0.15) is 5.69 Å². The van der Waals surface area contributed by atoms with E-state index >= 15 is 0 Å². The Morgan fingerprint density at radius 3 is 2.89 bits per heavy atom. The molecule has 0 aliphatic carbocycles. The molecule has 7 heteroatoms. The van der Waals surface area contributed by atoms with Crippen molar-refractivity contribution >= 4 is 18.3 Å². The Balaban J connectivity index is 0.00000210. The van der Waals surface area contributed by atoms with Gasteiger partial charge in [-0.05, 0) is 55.6 Å². The molecule has 1 saturated heterocycles. The fraction of sp³-hybridized carbons (Fsp3) is 0.300. The van der Waals surface area contributed by atoms with Crippen molar-refractivity contribution in [2.45, 2.75) is 19.4 Å². The molecule has 27 heavy (non-hydrogen) atoms. The molecule has 1 fully saturated rings. The van der Waals surface area contributed by atoms with E-state index in [-0.39, 0.29) is 18.3 Å². The zero-order chi connectivity index (χ0) is 17.8. The quantitative estimate of drug-likeness (QED) is 0.677. The summed E-state index contributed by atoms with van der Waals surface area (Å²) >= 11 is 0. The zero-order valence-electron chi connectivity index (χ0n) is 14.8. The lowest BCUT2D eigenvalue weighted by Crippen LogP contribution is -2.24. The van der Waals surface area contributed by atoms with Crippen LogP contribution in [0.1, 0.15) is 28.0 Å². The predicted molar refractivity (Wildman–Crippen MR) is 104 cm³/mol. The van der Waals surface area contributed by atoms with Gasteiger partial charge in [-0.1, -0.05) is 23.4 Å². The highest BCUT2D eigenvalue weighted by Gasteiger charge is 2.19. The van der Waals surface area contributed by atoms with Gasteiger partial charge >= 0.3 is 0 Å². The van der Waals surface area contributed by atoms with Crippen LogP contribution in [-0.2, 0) is 13.0 Å². The monoisotopic (exact) mass is 387 g/mol. The summed E-state index contributed by atoms with van der Waals surface area (Å²) in [4.78, 5) is 12.6. The van der Waals surface area contributed by atoms with E-state index in [1.54, 1.807) is 24.5 Å². The third-order valence-corrected chi connectivity index (χ3v) is 4.69. The lowest BCUT2D eigenvalue weighted by molar-refractivity contribution is 0.0949. The fourth-order valence-corrected chi connectivity index (χ4v) is 3.32. The van der Waals surface area contributed by atoms with Crippen LogP contribution in [0.15, 0.2) is 57.7 Å². The minimum absolute atomic E-state index is 0. The van der Waals surface area contributed by atoms with E-state index in [4.69, 9.17) is 8.94 Å². The zero-order valence-corrected chi connectivity index (χ0v) is 15.6. The molecule has 0 spiro atoms. The standard InChI is InChI=1S/C20H21N3O3.ClH/c24-20(17-5-2-1-4-15(17)10-14-7-8-21-12-14)22-13-16-11-19(26-23-16)18-6-3-9-25-18;/h1-6,9,11,14,21H,7-8,10,12-13H2,(H,22,24);1H. The molecule has 3 aromatic rings. The van der Waals surface area contributed by atoms with Crippen molar-refractivity contribution < 1.29 is 13.7 Å². The Hall–Kier alpha value is -2.57. The Bertz CT molecular complexity index is 870. The minimum atomic E-state index is -0.0888. The van der Waals surface area contributed by atoms with E-state index in [0.717, 1.165) is 37.1 Å². The number of aromatic nitrogens is 1. The molecule has 3 heterocycles. The van der Waals surface area contributed by atoms with Crippen molar-refractivity contribution in [3.05, 3.63) is 65.5 Å². The average Bonchev–Trinajstić information content (AvgIpc) is 3.41. The Labute approximate surface area is 163 Å². The first-order valence-electron chi connectivity index (χ1n) is 8.86. The topological polar surface area (TPSA) is 80.3 Å². The number of nitrogens with one attached hydrogen (secondary N) is 2. The number of benzene rings is 1. The van der Waals surface area contributed by atoms with E-state index in [0.29, 0.717) is 29.7 Å². The van der Waals surface area contributed by atoms with Crippen molar-refractivity contribution in [1.29, 1.82) is 0 Å². The maximum atomic E-state index is 12.6. The maximum Gasteiger partial charge on any atom is 0.251 e. The molecule has 1 aromatic carbocycles. The van der Waals surface area contributed by atoms with Gasteiger partial charge in [0.15, 0.2) is 5.76 Å². The second kappa shape index (κ2) is 8.88. The van der Waals surface area contributed by atoms with Gasteiger partial charge in [0.05, 0.1) is 12.8 Å². The number of carbonyl (C=O) groups is 1. The second-order valence-electron chi connectivity index (χ2n) is 6.56. The summed E-state index contributed by atoms with van der Waals surface area (Å²) in [5, 5.41) is 10.3. The van der Waals surface area contributed by atoms with E-state index < -0.39 is 0 Å². The molecule has 1 aliphatic heterocycles. The molecule has 2 aromatic heterocycles. The number of halogens is 1.